The number of nitrogens with one attached hydrogen (secondary N) is 2. The number of thioether (sulfide) groups is 1. The summed E-state index contributed by atoms with van der Waals surface area (Å²) in [5.41, 5.74) is 0.944. The van der Waals surface area contributed by atoms with Crippen molar-refractivity contribution in [3.05, 3.63) is 100 Å². The number of benzene rings is 4. The molecule has 0 radical (unpaired) electrons. The van der Waals surface area contributed by atoms with Gasteiger partial charge in [0, 0.05) is 26.0 Å². The number of amides is 2. The molecule has 0 aliphatic rings. The number of anilines is 2. The third-order valence-corrected chi connectivity index (χ3v) is 6.57. The van der Waals surface area contributed by atoms with Crippen molar-refractivity contribution in [2.45, 2.75) is 4.90 Å². The number of carbonyl (C=O) groups is 3. The second-order valence-electron chi connectivity index (χ2n) is 7.45. The van der Waals surface area contributed by atoms with E-state index < -0.39 is 17.7 Å². The van der Waals surface area contributed by atoms with Gasteiger partial charge in [-0.2, -0.15) is 0 Å². The van der Waals surface area contributed by atoms with Gasteiger partial charge in [0.2, 0.25) is 5.91 Å². The van der Waals surface area contributed by atoms with Crippen LogP contribution < -0.4 is 10.6 Å². The standard InChI is InChI=1S/C26H18BrFN2O4S/c27-16-7-12-22(21(28)13-16)30-23(31)14-35-18-10-8-17(9-11-18)29-25(32)19-5-1-3-15-4-2-6-20(24(15)19)26(33)34/h1-13H,14H2,(H,29,32)(H,30,31)(H,33,34). The number of carboxylic acids is 1. The summed E-state index contributed by atoms with van der Waals surface area (Å²) in [4.78, 5) is 37.5. The quantitative estimate of drug-likeness (QED) is 0.230. The van der Waals surface area contributed by atoms with E-state index in [1.165, 1.54) is 30.0 Å². The van der Waals surface area contributed by atoms with Crippen molar-refractivity contribution in [3.63, 3.8) is 0 Å². The Labute approximate surface area is 212 Å². The van der Waals surface area contributed by atoms with Gasteiger partial charge in [-0.25, -0.2) is 9.18 Å². The first kappa shape index (κ1) is 24.4. The van der Waals surface area contributed by atoms with E-state index in [1.54, 1.807) is 60.7 Å². The van der Waals surface area contributed by atoms with Crippen LogP contribution in [0.3, 0.4) is 0 Å². The highest BCUT2D eigenvalue weighted by atomic mass is 79.9. The van der Waals surface area contributed by atoms with Gasteiger partial charge in [0.25, 0.3) is 5.91 Å². The van der Waals surface area contributed by atoms with E-state index in [2.05, 4.69) is 26.6 Å². The van der Waals surface area contributed by atoms with Crippen LogP contribution in [0.25, 0.3) is 10.8 Å². The van der Waals surface area contributed by atoms with Crippen molar-refractivity contribution in [1.29, 1.82) is 0 Å². The van der Waals surface area contributed by atoms with E-state index in [-0.39, 0.29) is 28.5 Å². The van der Waals surface area contributed by atoms with Gasteiger partial charge in [-0.05, 0) is 60.0 Å². The van der Waals surface area contributed by atoms with Crippen molar-refractivity contribution >= 4 is 67.6 Å². The highest BCUT2D eigenvalue weighted by Crippen LogP contribution is 2.26. The van der Waals surface area contributed by atoms with E-state index in [9.17, 15) is 23.9 Å². The molecule has 0 aromatic heterocycles. The zero-order chi connectivity index (χ0) is 24.9. The molecule has 0 heterocycles. The van der Waals surface area contributed by atoms with Crippen LogP contribution >= 0.6 is 27.7 Å². The molecule has 4 aromatic rings. The maximum Gasteiger partial charge on any atom is 0.336 e. The van der Waals surface area contributed by atoms with E-state index in [0.29, 0.717) is 20.9 Å². The highest BCUT2D eigenvalue weighted by Gasteiger charge is 2.16. The fourth-order valence-corrected chi connectivity index (χ4v) is 4.50. The number of halogens is 2. The summed E-state index contributed by atoms with van der Waals surface area (Å²) >= 11 is 4.44. The number of fused-ring (bicyclic) bond motifs is 1. The summed E-state index contributed by atoms with van der Waals surface area (Å²) < 4.78 is 14.5. The van der Waals surface area contributed by atoms with Crippen molar-refractivity contribution < 1.29 is 23.9 Å². The van der Waals surface area contributed by atoms with Crippen LogP contribution in [-0.2, 0) is 4.79 Å². The predicted octanol–water partition coefficient (Wildman–Crippen LogP) is 6.42. The fourth-order valence-electron chi connectivity index (χ4n) is 3.47. The normalized spacial score (nSPS) is 10.7. The second-order valence-corrected chi connectivity index (χ2v) is 9.42. The molecule has 0 spiro atoms. The third kappa shape index (κ3) is 5.87. The van der Waals surface area contributed by atoms with Crippen LogP contribution in [0.15, 0.2) is 88.2 Å². The molecule has 9 heteroatoms. The Bertz CT molecular complexity index is 1440. The largest absolute Gasteiger partial charge is 0.478 e. The number of carboxylic acid groups (broad SMARTS) is 1. The number of hydrogen-bond acceptors (Lipinski definition) is 4. The van der Waals surface area contributed by atoms with Gasteiger partial charge in [0.05, 0.1) is 17.0 Å². The maximum atomic E-state index is 13.9. The van der Waals surface area contributed by atoms with Gasteiger partial charge in [0.15, 0.2) is 0 Å². The van der Waals surface area contributed by atoms with Crippen LogP contribution in [0.4, 0.5) is 15.8 Å². The molecule has 2 amide bonds. The predicted molar refractivity (Wildman–Crippen MR) is 139 cm³/mol. The van der Waals surface area contributed by atoms with Crippen LogP contribution in [0.5, 0.6) is 0 Å². The molecule has 0 aliphatic carbocycles. The maximum absolute atomic E-state index is 13.9. The molecule has 35 heavy (non-hydrogen) atoms. The molecule has 4 rings (SSSR count). The zero-order valence-electron chi connectivity index (χ0n) is 18.0. The minimum Gasteiger partial charge on any atom is -0.478 e. The molecule has 176 valence electrons. The second kappa shape index (κ2) is 10.7. The molecule has 0 saturated carbocycles. The number of rotatable bonds is 7. The Kier molecular flexibility index (Phi) is 7.48. The Morgan fingerprint density at radius 1 is 0.886 bits per heavy atom. The summed E-state index contributed by atoms with van der Waals surface area (Å²) in [6.45, 7) is 0. The van der Waals surface area contributed by atoms with Crippen LogP contribution in [0.2, 0.25) is 0 Å². The summed E-state index contributed by atoms with van der Waals surface area (Å²) in [5.74, 6) is -2.34. The molecule has 0 bridgehead atoms. The summed E-state index contributed by atoms with van der Waals surface area (Å²) in [6.07, 6.45) is 0. The topological polar surface area (TPSA) is 95.5 Å². The molecule has 0 atom stereocenters. The van der Waals surface area contributed by atoms with Gasteiger partial charge in [-0.1, -0.05) is 40.2 Å². The number of aromatic carboxylic acids is 1. The van der Waals surface area contributed by atoms with E-state index in [0.717, 1.165) is 4.90 Å². The van der Waals surface area contributed by atoms with Crippen molar-refractivity contribution in [2.24, 2.45) is 0 Å². The van der Waals surface area contributed by atoms with E-state index in [4.69, 9.17) is 0 Å². The first-order valence-electron chi connectivity index (χ1n) is 10.4. The molecule has 4 aromatic carbocycles. The molecule has 3 N–H and O–H groups in total. The van der Waals surface area contributed by atoms with Crippen LogP contribution in [0.1, 0.15) is 20.7 Å². The van der Waals surface area contributed by atoms with Crippen LogP contribution in [0, 0.1) is 5.82 Å². The Balaban J connectivity index is 1.40. The molecule has 0 saturated heterocycles. The molecule has 6 nitrogen and oxygen atoms in total. The lowest BCUT2D eigenvalue weighted by molar-refractivity contribution is -0.113. The van der Waals surface area contributed by atoms with Crippen molar-refractivity contribution in [1.82, 2.24) is 0 Å². The van der Waals surface area contributed by atoms with Gasteiger partial charge in [0.1, 0.15) is 5.82 Å². The first-order chi connectivity index (χ1) is 16.8. The lowest BCUT2D eigenvalue weighted by Crippen LogP contribution is -2.15. The monoisotopic (exact) mass is 552 g/mol. The molecule has 0 fully saturated rings. The van der Waals surface area contributed by atoms with Crippen molar-refractivity contribution in [3.8, 4) is 0 Å². The molecular formula is C26H18BrFN2O4S. The summed E-state index contributed by atoms with van der Waals surface area (Å²) in [5, 5.41) is 15.9. The van der Waals surface area contributed by atoms with Gasteiger partial charge in [-0.15, -0.1) is 11.8 Å². The van der Waals surface area contributed by atoms with Gasteiger partial charge < -0.3 is 15.7 Å². The van der Waals surface area contributed by atoms with Crippen LogP contribution in [-0.4, -0.2) is 28.6 Å². The summed E-state index contributed by atoms with van der Waals surface area (Å²) in [7, 11) is 0. The van der Waals surface area contributed by atoms with E-state index >= 15 is 0 Å². The average molecular weight is 553 g/mol. The molecule has 0 unspecified atom stereocenters. The zero-order valence-corrected chi connectivity index (χ0v) is 20.5. The highest BCUT2D eigenvalue weighted by molar-refractivity contribution is 9.10. The minimum absolute atomic E-state index is 0.0568. The first-order valence-corrected chi connectivity index (χ1v) is 12.1. The molecular weight excluding hydrogens is 535 g/mol. The van der Waals surface area contributed by atoms with Crippen molar-refractivity contribution in [2.75, 3.05) is 16.4 Å². The fraction of sp³-hybridized carbons (Fsp3) is 0.0385. The van der Waals surface area contributed by atoms with Gasteiger partial charge in [-0.3, -0.25) is 9.59 Å². The Hall–Kier alpha value is -3.69. The molecule has 0 aliphatic heterocycles. The number of carbonyl (C=O) groups excluding carboxylic acids is 2. The lowest BCUT2D eigenvalue weighted by atomic mass is 9.98. The Morgan fingerprint density at radius 2 is 1.57 bits per heavy atom. The minimum atomic E-state index is -1.11. The smallest absolute Gasteiger partial charge is 0.336 e. The lowest BCUT2D eigenvalue weighted by Gasteiger charge is -2.11. The Morgan fingerprint density at radius 3 is 2.23 bits per heavy atom. The third-order valence-electron chi connectivity index (χ3n) is 5.07. The van der Waals surface area contributed by atoms with Gasteiger partial charge >= 0.3 is 5.97 Å². The summed E-state index contributed by atoms with van der Waals surface area (Å²) in [6, 6.07) is 21.2. The average Bonchev–Trinajstić information content (AvgIpc) is 2.84. The number of hydrogen-bond donors (Lipinski definition) is 3. The SMILES string of the molecule is O=C(CSc1ccc(NC(=O)c2cccc3cccc(C(=O)O)c23)cc1)Nc1ccc(Br)cc1F. The van der Waals surface area contributed by atoms with E-state index in [1.807, 2.05) is 0 Å².